The molecule has 3 atom stereocenters. The van der Waals surface area contributed by atoms with Gasteiger partial charge in [0, 0.05) is 12.8 Å². The van der Waals surface area contributed by atoms with Crippen molar-refractivity contribution in [3.05, 3.63) is 106 Å². The van der Waals surface area contributed by atoms with Crippen molar-refractivity contribution >= 4 is 62.6 Å². The molecular weight excluding hydrogens is 745 g/mol. The number of oxime groups is 1. The van der Waals surface area contributed by atoms with E-state index in [1.807, 2.05) is 13.8 Å². The highest BCUT2D eigenvalue weighted by Gasteiger charge is 2.50. The molecule has 1 aliphatic rings. The smallest absolute Gasteiger partial charge is 0.341 e. The van der Waals surface area contributed by atoms with Gasteiger partial charge in [-0.25, -0.2) is 17.9 Å². The molecule has 1 unspecified atom stereocenters. The Kier molecular flexibility index (Phi) is 13.8. The quantitative estimate of drug-likeness (QED) is 0.170. The molecule has 12 nitrogen and oxygen atoms in total. The zero-order valence-corrected chi connectivity index (χ0v) is 32.4. The number of hydrogen-bond donors (Lipinski definition) is 2. The minimum absolute atomic E-state index is 0.00709. The van der Waals surface area contributed by atoms with Crippen LogP contribution in [0.15, 0.2) is 84.0 Å². The Hall–Kier alpha value is -4.30. The Balaban J connectivity index is 1.60. The summed E-state index contributed by atoms with van der Waals surface area (Å²) in [5.41, 5.74) is -1.28. The number of hydrogen-bond acceptors (Lipinski definition) is 10. The molecular formula is C38H43Cl2N3O9S. The number of ether oxygens (including phenoxy) is 2. The number of nitrogens with one attached hydrogen (secondary N) is 2. The molecule has 4 rings (SSSR count). The summed E-state index contributed by atoms with van der Waals surface area (Å²) in [5, 5.41) is 6.89. The number of nitrogens with zero attached hydrogens (tertiary/aromatic N) is 1. The van der Waals surface area contributed by atoms with E-state index in [0.29, 0.717) is 11.1 Å². The number of rotatable bonds is 16. The van der Waals surface area contributed by atoms with Gasteiger partial charge < -0.3 is 19.6 Å². The minimum Gasteiger partial charge on any atom is -0.460 e. The number of carbonyl (C=O) groups excluding carboxylic acids is 4. The van der Waals surface area contributed by atoms with Crippen molar-refractivity contribution in [3.8, 4) is 0 Å². The Labute approximate surface area is 319 Å². The highest BCUT2D eigenvalue weighted by atomic mass is 35.5. The molecule has 0 saturated heterocycles. The van der Waals surface area contributed by atoms with E-state index >= 15 is 0 Å². The summed E-state index contributed by atoms with van der Waals surface area (Å²) >= 11 is 12.3. The lowest BCUT2D eigenvalue weighted by atomic mass is 9.85. The van der Waals surface area contributed by atoms with Crippen LogP contribution in [0.1, 0.15) is 68.9 Å². The monoisotopic (exact) mass is 787 g/mol. The number of esters is 2. The van der Waals surface area contributed by atoms with Crippen molar-refractivity contribution in [2.45, 2.75) is 82.9 Å². The van der Waals surface area contributed by atoms with E-state index in [-0.39, 0.29) is 45.8 Å². The summed E-state index contributed by atoms with van der Waals surface area (Å²) in [6.45, 7) is 7.71. The van der Waals surface area contributed by atoms with Crippen molar-refractivity contribution in [3.63, 3.8) is 0 Å². The van der Waals surface area contributed by atoms with E-state index in [0.717, 1.165) is 0 Å². The highest BCUT2D eigenvalue weighted by Crippen LogP contribution is 2.32. The molecule has 2 N–H and O–H groups in total. The number of ketones is 1. The lowest BCUT2D eigenvalue weighted by molar-refractivity contribution is -0.157. The van der Waals surface area contributed by atoms with Gasteiger partial charge >= 0.3 is 11.9 Å². The number of sulfonamides is 1. The standard InChI is InChI=1S/C38H43Cl2N3O9S/c1-24(2)34(43-53(48,49)23-26-15-10-7-11-16-26)30-21-38(52-42-30,20-25-13-8-6-9-14-25)36(47)41-29(19-32(45)51-37(3,4)5)31(44)22-50-35(46)33-27(39)17-12-18-28(33)40/h6-18,24,29,34,43H,19-23H2,1-5H3,(H,41,47)/t29-,34-,38?/m0/s1. The normalized spacial score (nSPS) is 16.9. The molecule has 53 heavy (non-hydrogen) atoms. The molecule has 0 spiro atoms. The Bertz CT molecular complexity index is 1910. The van der Waals surface area contributed by atoms with E-state index in [2.05, 4.69) is 15.2 Å². The maximum absolute atomic E-state index is 14.4. The van der Waals surface area contributed by atoms with Crippen LogP contribution < -0.4 is 10.0 Å². The SMILES string of the molecule is CC(C)[C@H](NS(=O)(=O)Cc1ccccc1)C1=NOC(Cc2ccccc2)(C(=O)N[C@@H](CC(=O)OC(C)(C)C)C(=O)COC(=O)c2c(Cl)cccc2Cl)C1. The number of benzene rings is 3. The average molecular weight is 789 g/mol. The second-order valence-corrected chi connectivity index (χ2v) is 16.6. The molecule has 3 aromatic carbocycles. The Morgan fingerprint density at radius 1 is 0.906 bits per heavy atom. The molecule has 1 heterocycles. The van der Waals surface area contributed by atoms with Crippen molar-refractivity contribution in [1.29, 1.82) is 0 Å². The van der Waals surface area contributed by atoms with E-state index in [1.165, 1.54) is 18.2 Å². The third kappa shape index (κ3) is 11.8. The lowest BCUT2D eigenvalue weighted by Gasteiger charge is -2.29. The van der Waals surface area contributed by atoms with Crippen LogP contribution in [-0.2, 0) is 50.9 Å². The predicted octanol–water partition coefficient (Wildman–Crippen LogP) is 5.84. The van der Waals surface area contributed by atoms with Crippen LogP contribution in [0.4, 0.5) is 0 Å². The summed E-state index contributed by atoms with van der Waals surface area (Å²) in [5.74, 6) is -4.00. The van der Waals surface area contributed by atoms with Gasteiger partial charge in [-0.05, 0) is 49.9 Å². The molecule has 0 fully saturated rings. The molecule has 0 aromatic heterocycles. The molecule has 0 saturated carbocycles. The summed E-state index contributed by atoms with van der Waals surface area (Å²) < 4.78 is 40.0. The highest BCUT2D eigenvalue weighted by molar-refractivity contribution is 7.88. The maximum atomic E-state index is 14.4. The van der Waals surface area contributed by atoms with E-state index in [1.54, 1.807) is 81.4 Å². The minimum atomic E-state index is -3.87. The van der Waals surface area contributed by atoms with Gasteiger partial charge in [-0.1, -0.05) is 109 Å². The van der Waals surface area contributed by atoms with Crippen LogP contribution in [0.2, 0.25) is 10.0 Å². The Morgan fingerprint density at radius 3 is 2.06 bits per heavy atom. The first-order valence-electron chi connectivity index (χ1n) is 16.9. The summed E-state index contributed by atoms with van der Waals surface area (Å²) in [4.78, 5) is 59.8. The molecule has 1 amide bonds. The third-order valence-electron chi connectivity index (χ3n) is 8.08. The first kappa shape index (κ1) is 41.5. The zero-order valence-electron chi connectivity index (χ0n) is 30.1. The lowest BCUT2D eigenvalue weighted by Crippen LogP contribution is -2.55. The van der Waals surface area contributed by atoms with Gasteiger partial charge in [-0.15, -0.1) is 0 Å². The molecule has 15 heteroatoms. The second-order valence-electron chi connectivity index (χ2n) is 14.0. The first-order valence-corrected chi connectivity index (χ1v) is 19.3. The van der Waals surface area contributed by atoms with Gasteiger partial charge in [0.1, 0.15) is 11.6 Å². The fourth-order valence-corrected chi connectivity index (χ4v) is 7.66. The van der Waals surface area contributed by atoms with Crippen LogP contribution in [0, 0.1) is 5.92 Å². The number of carbonyl (C=O) groups is 4. The molecule has 1 aliphatic heterocycles. The third-order valence-corrected chi connectivity index (χ3v) is 10.0. The number of amides is 1. The second kappa shape index (κ2) is 17.7. The predicted molar refractivity (Wildman–Crippen MR) is 201 cm³/mol. The molecule has 0 aliphatic carbocycles. The van der Waals surface area contributed by atoms with Gasteiger partial charge in [0.2, 0.25) is 15.6 Å². The average Bonchev–Trinajstić information content (AvgIpc) is 3.50. The maximum Gasteiger partial charge on any atom is 0.341 e. The Morgan fingerprint density at radius 2 is 1.49 bits per heavy atom. The molecule has 3 aromatic rings. The summed E-state index contributed by atoms with van der Waals surface area (Å²) in [6.07, 6.45) is -0.783. The van der Waals surface area contributed by atoms with E-state index < -0.39 is 70.0 Å². The van der Waals surface area contributed by atoms with E-state index in [9.17, 15) is 27.6 Å². The van der Waals surface area contributed by atoms with E-state index in [4.69, 9.17) is 37.5 Å². The topological polar surface area (TPSA) is 167 Å². The van der Waals surface area contributed by atoms with Crippen LogP contribution in [0.5, 0.6) is 0 Å². The summed E-state index contributed by atoms with van der Waals surface area (Å²) in [6, 6.07) is 19.6. The van der Waals surface area contributed by atoms with Crippen LogP contribution >= 0.6 is 23.2 Å². The largest absolute Gasteiger partial charge is 0.460 e. The van der Waals surface area contributed by atoms with Crippen molar-refractivity contribution < 1.29 is 41.9 Å². The van der Waals surface area contributed by atoms with Gasteiger partial charge in [0.25, 0.3) is 5.91 Å². The van der Waals surface area contributed by atoms with Gasteiger partial charge in [0.15, 0.2) is 12.4 Å². The fraction of sp³-hybridized carbons (Fsp3) is 0.395. The van der Waals surface area contributed by atoms with Crippen LogP contribution in [0.25, 0.3) is 0 Å². The zero-order chi connectivity index (χ0) is 39.0. The molecule has 0 bridgehead atoms. The van der Waals surface area contributed by atoms with Crippen molar-refractivity contribution in [1.82, 2.24) is 10.0 Å². The van der Waals surface area contributed by atoms with Gasteiger partial charge in [-0.2, -0.15) is 0 Å². The van der Waals surface area contributed by atoms with Gasteiger partial charge in [-0.3, -0.25) is 14.4 Å². The molecule has 284 valence electrons. The number of Topliss-reactive ketones (excluding diaryl/α,β-unsaturated/α-hetero) is 1. The first-order chi connectivity index (χ1) is 24.9. The van der Waals surface area contributed by atoms with Crippen molar-refractivity contribution in [2.75, 3.05) is 6.61 Å². The van der Waals surface area contributed by atoms with Gasteiger partial charge in [0.05, 0.1) is 39.5 Å². The number of halogens is 2. The van der Waals surface area contributed by atoms with Crippen molar-refractivity contribution in [2.24, 2.45) is 11.1 Å². The summed E-state index contributed by atoms with van der Waals surface area (Å²) in [7, 11) is -3.87. The molecule has 0 radical (unpaired) electrons. The fourth-order valence-electron chi connectivity index (χ4n) is 5.60. The van der Waals surface area contributed by atoms with Crippen LogP contribution in [0.3, 0.4) is 0 Å². The van der Waals surface area contributed by atoms with Crippen LogP contribution in [-0.4, -0.2) is 67.7 Å².